The highest BCUT2D eigenvalue weighted by Crippen LogP contribution is 2.30. The van der Waals surface area contributed by atoms with Crippen LogP contribution in [-0.4, -0.2) is 17.6 Å². The Morgan fingerprint density at radius 2 is 1.75 bits per heavy atom. The zero-order valence-electron chi connectivity index (χ0n) is 10.8. The summed E-state index contributed by atoms with van der Waals surface area (Å²) in [7, 11) is 0. The largest absolute Gasteiger partial charge is 0.478 e. The molecule has 0 unspecified atom stereocenters. The molecule has 0 bridgehead atoms. The molecule has 0 atom stereocenters. The number of para-hydroxylation sites is 1. The number of carboxylic acid groups (broad SMARTS) is 1. The first kappa shape index (κ1) is 14.0. The molecular weight excluding hydrogens is 264 g/mol. The molecular formula is C15H13F2NO2. The van der Waals surface area contributed by atoms with E-state index in [1.807, 2.05) is 6.07 Å². The van der Waals surface area contributed by atoms with Gasteiger partial charge in [-0.05, 0) is 31.2 Å². The summed E-state index contributed by atoms with van der Waals surface area (Å²) in [5.74, 6) is -3.99. The molecule has 2 aromatic carbocycles. The number of hydrogen-bond donors (Lipinski definition) is 1. The molecule has 3 nitrogen and oxygen atoms in total. The summed E-state index contributed by atoms with van der Waals surface area (Å²) in [6.07, 6.45) is 0. The second kappa shape index (κ2) is 5.69. The van der Waals surface area contributed by atoms with Crippen molar-refractivity contribution >= 4 is 17.3 Å². The number of anilines is 2. The van der Waals surface area contributed by atoms with Crippen molar-refractivity contribution in [3.05, 3.63) is 59.7 Å². The van der Waals surface area contributed by atoms with Gasteiger partial charge in [-0.3, -0.25) is 0 Å². The van der Waals surface area contributed by atoms with Gasteiger partial charge in [0.05, 0.1) is 11.3 Å². The molecule has 1 N–H and O–H groups in total. The van der Waals surface area contributed by atoms with Gasteiger partial charge in [0.2, 0.25) is 0 Å². The minimum absolute atomic E-state index is 0.0150. The van der Waals surface area contributed by atoms with Crippen molar-refractivity contribution in [2.24, 2.45) is 0 Å². The van der Waals surface area contributed by atoms with E-state index in [1.165, 1.54) is 6.07 Å². The zero-order valence-corrected chi connectivity index (χ0v) is 10.8. The van der Waals surface area contributed by atoms with E-state index in [4.69, 9.17) is 5.11 Å². The summed E-state index contributed by atoms with van der Waals surface area (Å²) >= 11 is 0. The lowest BCUT2D eigenvalue weighted by Crippen LogP contribution is -2.18. The Morgan fingerprint density at radius 1 is 1.10 bits per heavy atom. The van der Waals surface area contributed by atoms with E-state index >= 15 is 0 Å². The maximum atomic E-state index is 14.1. The third kappa shape index (κ3) is 2.47. The minimum Gasteiger partial charge on any atom is -0.478 e. The predicted molar refractivity (Wildman–Crippen MR) is 72.4 cm³/mol. The number of carboxylic acids is 1. The van der Waals surface area contributed by atoms with Crippen LogP contribution in [0.5, 0.6) is 0 Å². The molecule has 0 heterocycles. The molecule has 0 amide bonds. The summed E-state index contributed by atoms with van der Waals surface area (Å²) in [5.41, 5.74) is 0.0490. The van der Waals surface area contributed by atoms with Gasteiger partial charge in [-0.2, -0.15) is 0 Å². The van der Waals surface area contributed by atoms with Crippen LogP contribution in [0.2, 0.25) is 0 Å². The van der Waals surface area contributed by atoms with E-state index in [9.17, 15) is 13.6 Å². The summed E-state index contributed by atoms with van der Waals surface area (Å²) < 4.78 is 27.8. The molecule has 0 aliphatic rings. The number of benzene rings is 2. The monoisotopic (exact) mass is 277 g/mol. The summed E-state index contributed by atoms with van der Waals surface area (Å²) in [6.45, 7) is 2.22. The van der Waals surface area contributed by atoms with Crippen LogP contribution in [0.1, 0.15) is 17.3 Å². The van der Waals surface area contributed by atoms with Gasteiger partial charge in [-0.1, -0.05) is 18.2 Å². The van der Waals surface area contributed by atoms with Crippen LogP contribution in [0, 0.1) is 11.6 Å². The Labute approximate surface area is 115 Å². The lowest BCUT2D eigenvalue weighted by atomic mass is 10.1. The van der Waals surface area contributed by atoms with Gasteiger partial charge in [0.15, 0.2) is 11.6 Å². The van der Waals surface area contributed by atoms with Crippen LogP contribution in [0.3, 0.4) is 0 Å². The molecule has 20 heavy (non-hydrogen) atoms. The van der Waals surface area contributed by atoms with Crippen LogP contribution in [0.4, 0.5) is 20.2 Å². The van der Waals surface area contributed by atoms with Crippen molar-refractivity contribution in [2.75, 3.05) is 11.4 Å². The first-order valence-electron chi connectivity index (χ1n) is 6.10. The fraction of sp³-hybridized carbons (Fsp3) is 0.133. The Balaban J connectivity index is 2.52. The number of hydrogen-bond acceptors (Lipinski definition) is 2. The van der Waals surface area contributed by atoms with Crippen molar-refractivity contribution in [2.45, 2.75) is 6.92 Å². The third-order valence-electron chi connectivity index (χ3n) is 2.97. The average Bonchev–Trinajstić information content (AvgIpc) is 2.45. The quantitative estimate of drug-likeness (QED) is 0.923. The van der Waals surface area contributed by atoms with E-state index in [2.05, 4.69) is 0 Å². The van der Waals surface area contributed by atoms with Crippen LogP contribution in [-0.2, 0) is 0 Å². The van der Waals surface area contributed by atoms with Crippen molar-refractivity contribution in [1.82, 2.24) is 0 Å². The third-order valence-corrected chi connectivity index (χ3v) is 2.97. The molecule has 104 valence electrons. The van der Waals surface area contributed by atoms with Gasteiger partial charge in [0.1, 0.15) is 0 Å². The average molecular weight is 277 g/mol. The van der Waals surface area contributed by atoms with Crippen LogP contribution >= 0.6 is 0 Å². The lowest BCUT2D eigenvalue weighted by molar-refractivity contribution is 0.0690. The Bertz CT molecular complexity index is 629. The normalized spacial score (nSPS) is 10.3. The summed E-state index contributed by atoms with van der Waals surface area (Å²) in [4.78, 5) is 12.3. The Hall–Kier alpha value is -2.43. The highest BCUT2D eigenvalue weighted by Gasteiger charge is 2.21. The molecule has 0 saturated carbocycles. The molecule has 0 spiro atoms. The lowest BCUT2D eigenvalue weighted by Gasteiger charge is -2.24. The van der Waals surface area contributed by atoms with Crippen LogP contribution in [0.25, 0.3) is 0 Å². The molecule has 0 radical (unpaired) electrons. The van der Waals surface area contributed by atoms with E-state index in [0.29, 0.717) is 12.2 Å². The molecule has 5 heteroatoms. The fourth-order valence-electron chi connectivity index (χ4n) is 2.01. The smallest absolute Gasteiger partial charge is 0.338 e. The van der Waals surface area contributed by atoms with Crippen molar-refractivity contribution in [3.8, 4) is 0 Å². The van der Waals surface area contributed by atoms with Crippen molar-refractivity contribution < 1.29 is 18.7 Å². The van der Waals surface area contributed by atoms with Gasteiger partial charge in [0.25, 0.3) is 0 Å². The van der Waals surface area contributed by atoms with E-state index in [-0.39, 0.29) is 5.69 Å². The standard InChI is InChI=1S/C15H13F2NO2/c1-2-18(10-6-4-3-5-7-10)12-9-8-11(15(19)20)13(16)14(12)17/h3-9H,2H2,1H3,(H,19,20). The summed E-state index contributed by atoms with van der Waals surface area (Å²) in [6, 6.07) is 11.3. The molecule has 0 aromatic heterocycles. The van der Waals surface area contributed by atoms with E-state index in [0.717, 1.165) is 6.07 Å². The number of halogens is 2. The maximum Gasteiger partial charge on any atom is 0.338 e. The zero-order chi connectivity index (χ0) is 14.7. The number of carbonyl (C=O) groups is 1. The fourth-order valence-corrected chi connectivity index (χ4v) is 2.01. The molecule has 0 aliphatic heterocycles. The molecule has 2 rings (SSSR count). The van der Waals surface area contributed by atoms with Crippen molar-refractivity contribution in [3.63, 3.8) is 0 Å². The number of aromatic carboxylic acids is 1. The van der Waals surface area contributed by atoms with Crippen molar-refractivity contribution in [1.29, 1.82) is 0 Å². The van der Waals surface area contributed by atoms with E-state index in [1.54, 1.807) is 36.1 Å². The minimum atomic E-state index is -1.49. The highest BCUT2D eigenvalue weighted by molar-refractivity contribution is 5.88. The van der Waals surface area contributed by atoms with Gasteiger partial charge in [-0.25, -0.2) is 13.6 Å². The molecule has 0 saturated heterocycles. The first-order chi connectivity index (χ1) is 9.56. The number of rotatable bonds is 4. The summed E-state index contributed by atoms with van der Waals surface area (Å²) in [5, 5.41) is 8.77. The van der Waals surface area contributed by atoms with Crippen LogP contribution < -0.4 is 4.90 Å². The molecule has 0 fully saturated rings. The molecule has 0 aliphatic carbocycles. The van der Waals surface area contributed by atoms with Gasteiger partial charge in [-0.15, -0.1) is 0 Å². The predicted octanol–water partition coefficient (Wildman–Crippen LogP) is 3.82. The Kier molecular flexibility index (Phi) is 3.98. The first-order valence-corrected chi connectivity index (χ1v) is 6.10. The molecule has 2 aromatic rings. The maximum absolute atomic E-state index is 14.1. The highest BCUT2D eigenvalue weighted by atomic mass is 19.2. The second-order valence-corrected chi connectivity index (χ2v) is 4.15. The van der Waals surface area contributed by atoms with Gasteiger partial charge in [0, 0.05) is 12.2 Å². The van der Waals surface area contributed by atoms with E-state index < -0.39 is 23.2 Å². The topological polar surface area (TPSA) is 40.5 Å². The van der Waals surface area contributed by atoms with Gasteiger partial charge >= 0.3 is 5.97 Å². The van der Waals surface area contributed by atoms with Gasteiger partial charge < -0.3 is 10.0 Å². The Morgan fingerprint density at radius 3 is 2.30 bits per heavy atom. The SMILES string of the molecule is CCN(c1ccccc1)c1ccc(C(=O)O)c(F)c1F. The number of nitrogens with zero attached hydrogens (tertiary/aromatic N) is 1. The second-order valence-electron chi connectivity index (χ2n) is 4.15. The van der Waals surface area contributed by atoms with Crippen LogP contribution in [0.15, 0.2) is 42.5 Å².